The van der Waals surface area contributed by atoms with Crippen molar-refractivity contribution < 1.29 is 18.1 Å². The van der Waals surface area contributed by atoms with Gasteiger partial charge in [0.15, 0.2) is 0 Å². The fraction of sp³-hybridized carbons (Fsp3) is 0.409. The fourth-order valence-electron chi connectivity index (χ4n) is 4.35. The van der Waals surface area contributed by atoms with Crippen LogP contribution < -0.4 is 4.90 Å². The molecule has 0 N–H and O–H groups in total. The molecule has 9 nitrogen and oxygen atoms in total. The maximum Gasteiger partial charge on any atom is 0.269 e. The van der Waals surface area contributed by atoms with Crippen LogP contribution >= 0.6 is 0 Å². The number of hydrogen-bond acceptors (Lipinski definition) is 6. The Hall–Kier alpha value is -2.98. The summed E-state index contributed by atoms with van der Waals surface area (Å²) in [5, 5.41) is 10.9. The van der Waals surface area contributed by atoms with Gasteiger partial charge in [-0.15, -0.1) is 0 Å². The van der Waals surface area contributed by atoms with Gasteiger partial charge in [0.25, 0.3) is 5.69 Å². The van der Waals surface area contributed by atoms with Crippen LogP contribution in [0.1, 0.15) is 18.1 Å². The Labute approximate surface area is 187 Å². The second kappa shape index (κ2) is 8.87. The lowest BCUT2D eigenvalue weighted by Crippen LogP contribution is -2.57. The minimum Gasteiger partial charge on any atom is -0.368 e. The number of nitro benzene ring substituents is 1. The number of rotatable bonds is 5. The number of anilines is 1. The van der Waals surface area contributed by atoms with E-state index >= 15 is 0 Å². The Kier molecular flexibility index (Phi) is 6.16. The van der Waals surface area contributed by atoms with Crippen molar-refractivity contribution >= 4 is 27.3 Å². The average molecular weight is 459 g/mol. The standard InChI is InChI=1S/C22H26N4O5S/c1-2-32(30,31)25-16-18-6-4-3-5-17(18)15-21(25)22(27)24-13-11-23(12-14-24)19-7-9-20(10-8-19)26(28)29/h3-10,21H,2,11-16H2,1H3/t21-/m0/s1. The minimum absolute atomic E-state index is 0.0392. The molecular formula is C22H26N4O5S. The van der Waals surface area contributed by atoms with Crippen LogP contribution in [0.3, 0.4) is 0 Å². The lowest BCUT2D eigenvalue weighted by Gasteiger charge is -2.41. The van der Waals surface area contributed by atoms with Crippen LogP contribution in [0.15, 0.2) is 48.5 Å². The third kappa shape index (κ3) is 4.33. The number of nitro groups is 1. The summed E-state index contributed by atoms with van der Waals surface area (Å²) in [7, 11) is -3.54. The number of hydrogen-bond donors (Lipinski definition) is 0. The average Bonchev–Trinajstić information content (AvgIpc) is 2.83. The summed E-state index contributed by atoms with van der Waals surface area (Å²) in [6, 6.07) is 13.3. The molecule has 2 aliphatic rings. The molecule has 1 fully saturated rings. The Morgan fingerprint density at radius 2 is 1.66 bits per heavy atom. The molecule has 0 bridgehead atoms. The van der Waals surface area contributed by atoms with Crippen LogP contribution in [-0.4, -0.2) is 66.4 Å². The molecule has 2 heterocycles. The maximum atomic E-state index is 13.4. The summed E-state index contributed by atoms with van der Waals surface area (Å²) in [6.45, 7) is 3.90. The smallest absolute Gasteiger partial charge is 0.269 e. The van der Waals surface area contributed by atoms with Gasteiger partial charge in [-0.3, -0.25) is 14.9 Å². The van der Waals surface area contributed by atoms with E-state index in [-0.39, 0.29) is 23.9 Å². The highest BCUT2D eigenvalue weighted by atomic mass is 32.2. The third-order valence-corrected chi connectivity index (χ3v) is 8.06. The van der Waals surface area contributed by atoms with E-state index in [9.17, 15) is 23.3 Å². The Bertz CT molecular complexity index is 1110. The number of fused-ring (bicyclic) bond motifs is 1. The zero-order chi connectivity index (χ0) is 22.9. The fourth-order valence-corrected chi connectivity index (χ4v) is 5.57. The number of benzene rings is 2. The van der Waals surface area contributed by atoms with Gasteiger partial charge in [-0.1, -0.05) is 24.3 Å². The number of carbonyl (C=O) groups excluding carboxylic acids is 1. The van der Waals surface area contributed by atoms with Crippen molar-refractivity contribution in [3.63, 3.8) is 0 Å². The van der Waals surface area contributed by atoms with E-state index in [0.29, 0.717) is 32.6 Å². The SMILES string of the molecule is CCS(=O)(=O)N1Cc2ccccc2C[C@H]1C(=O)N1CCN(c2ccc([N+](=O)[O-])cc2)CC1. The largest absolute Gasteiger partial charge is 0.368 e. The van der Waals surface area contributed by atoms with E-state index in [1.807, 2.05) is 24.3 Å². The van der Waals surface area contributed by atoms with Crippen molar-refractivity contribution in [1.82, 2.24) is 9.21 Å². The first-order chi connectivity index (χ1) is 15.3. The molecule has 0 aromatic heterocycles. The van der Waals surface area contributed by atoms with Gasteiger partial charge in [0.2, 0.25) is 15.9 Å². The summed E-state index contributed by atoms with van der Waals surface area (Å²) in [5.74, 6) is -0.216. The van der Waals surface area contributed by atoms with Crippen molar-refractivity contribution in [2.45, 2.75) is 25.9 Å². The molecule has 0 saturated carbocycles. The molecule has 0 radical (unpaired) electrons. The normalized spacial score (nSPS) is 19.5. The summed E-state index contributed by atoms with van der Waals surface area (Å²) < 4.78 is 26.9. The van der Waals surface area contributed by atoms with E-state index in [1.165, 1.54) is 16.4 Å². The Morgan fingerprint density at radius 1 is 1.03 bits per heavy atom. The monoisotopic (exact) mass is 458 g/mol. The Morgan fingerprint density at radius 3 is 2.25 bits per heavy atom. The molecule has 1 atom stereocenters. The van der Waals surface area contributed by atoms with Crippen LogP contribution in [0, 0.1) is 10.1 Å². The van der Waals surface area contributed by atoms with Gasteiger partial charge in [-0.2, -0.15) is 4.31 Å². The van der Waals surface area contributed by atoms with E-state index in [0.717, 1.165) is 16.8 Å². The van der Waals surface area contributed by atoms with Gasteiger partial charge in [0.05, 0.1) is 10.7 Å². The molecule has 1 amide bonds. The third-order valence-electron chi connectivity index (χ3n) is 6.23. The highest BCUT2D eigenvalue weighted by molar-refractivity contribution is 7.89. The van der Waals surface area contributed by atoms with Crippen molar-refractivity contribution in [1.29, 1.82) is 0 Å². The molecule has 0 unspecified atom stereocenters. The van der Waals surface area contributed by atoms with Gasteiger partial charge in [-0.05, 0) is 36.6 Å². The van der Waals surface area contributed by atoms with Gasteiger partial charge in [-0.25, -0.2) is 8.42 Å². The van der Waals surface area contributed by atoms with Crippen LogP contribution in [-0.2, 0) is 27.8 Å². The summed E-state index contributed by atoms with van der Waals surface area (Å²) in [5.41, 5.74) is 2.86. The van der Waals surface area contributed by atoms with Gasteiger partial charge in [0.1, 0.15) is 6.04 Å². The zero-order valence-electron chi connectivity index (χ0n) is 17.9. The van der Waals surface area contributed by atoms with Gasteiger partial charge in [0, 0.05) is 50.5 Å². The molecule has 0 spiro atoms. The van der Waals surface area contributed by atoms with Crippen molar-refractivity contribution in [2.75, 3.05) is 36.8 Å². The molecule has 10 heteroatoms. The van der Waals surface area contributed by atoms with E-state index < -0.39 is 21.0 Å². The highest BCUT2D eigenvalue weighted by Crippen LogP contribution is 2.28. The quantitative estimate of drug-likeness (QED) is 0.502. The van der Waals surface area contributed by atoms with Crippen LogP contribution in [0.2, 0.25) is 0 Å². The molecule has 4 rings (SSSR count). The molecule has 32 heavy (non-hydrogen) atoms. The lowest BCUT2D eigenvalue weighted by atomic mass is 9.95. The maximum absolute atomic E-state index is 13.4. The molecular weight excluding hydrogens is 432 g/mol. The van der Waals surface area contributed by atoms with Gasteiger partial charge >= 0.3 is 0 Å². The van der Waals surface area contributed by atoms with E-state index in [1.54, 1.807) is 24.0 Å². The zero-order valence-corrected chi connectivity index (χ0v) is 18.7. The molecule has 0 aliphatic carbocycles. The molecule has 170 valence electrons. The first kappa shape index (κ1) is 22.2. The summed E-state index contributed by atoms with van der Waals surface area (Å²) in [6.07, 6.45) is 0.372. The number of piperazine rings is 1. The number of amides is 1. The van der Waals surface area contributed by atoms with Crippen molar-refractivity contribution in [3.05, 3.63) is 69.8 Å². The molecule has 1 saturated heterocycles. The number of non-ortho nitro benzene ring substituents is 1. The first-order valence-corrected chi connectivity index (χ1v) is 12.3. The second-order valence-corrected chi connectivity index (χ2v) is 10.2. The highest BCUT2D eigenvalue weighted by Gasteiger charge is 2.40. The first-order valence-electron chi connectivity index (χ1n) is 10.6. The van der Waals surface area contributed by atoms with E-state index in [4.69, 9.17) is 0 Å². The Balaban J connectivity index is 1.48. The van der Waals surface area contributed by atoms with Crippen LogP contribution in [0.4, 0.5) is 11.4 Å². The molecule has 2 aromatic rings. The number of sulfonamides is 1. The topological polar surface area (TPSA) is 104 Å². The van der Waals surface area contributed by atoms with Crippen LogP contribution in [0.25, 0.3) is 0 Å². The van der Waals surface area contributed by atoms with Crippen molar-refractivity contribution in [2.24, 2.45) is 0 Å². The minimum atomic E-state index is -3.54. The summed E-state index contributed by atoms with van der Waals surface area (Å²) in [4.78, 5) is 27.7. The predicted molar refractivity (Wildman–Crippen MR) is 121 cm³/mol. The van der Waals surface area contributed by atoms with Crippen LogP contribution in [0.5, 0.6) is 0 Å². The number of carbonyl (C=O) groups is 1. The van der Waals surface area contributed by atoms with Crippen molar-refractivity contribution in [3.8, 4) is 0 Å². The lowest BCUT2D eigenvalue weighted by molar-refractivity contribution is -0.384. The predicted octanol–water partition coefficient (Wildman–Crippen LogP) is 2.02. The molecule has 2 aromatic carbocycles. The summed E-state index contributed by atoms with van der Waals surface area (Å²) >= 11 is 0. The van der Waals surface area contributed by atoms with E-state index in [2.05, 4.69) is 4.90 Å². The van der Waals surface area contributed by atoms with Gasteiger partial charge < -0.3 is 9.80 Å². The number of nitrogens with zero attached hydrogens (tertiary/aromatic N) is 4. The molecule has 2 aliphatic heterocycles. The second-order valence-electron chi connectivity index (χ2n) is 8.02.